The number of ether oxygens (including phenoxy) is 1. The minimum Gasteiger partial charge on any atom is -0.485 e. The topological polar surface area (TPSA) is 52.4 Å². The molecule has 0 heterocycles. The summed E-state index contributed by atoms with van der Waals surface area (Å²) in [5.41, 5.74) is 0.822. The first-order chi connectivity index (χ1) is 9.63. The fraction of sp³-hybridized carbons (Fsp3) is 0.143. The molecule has 0 fully saturated rings. The van der Waals surface area contributed by atoms with Crippen molar-refractivity contribution in [3.05, 3.63) is 69.5 Å². The molecular weight excluding hydrogens is 285 g/mol. The Kier molecular flexibility index (Phi) is 4.53. The molecule has 20 heavy (non-hydrogen) atoms. The number of hydrogen-bond donors (Lipinski definition) is 0. The van der Waals surface area contributed by atoms with Gasteiger partial charge in [-0.3, -0.25) is 10.1 Å². The van der Waals surface area contributed by atoms with Crippen LogP contribution in [0.5, 0.6) is 5.75 Å². The summed E-state index contributed by atoms with van der Waals surface area (Å²) in [4.78, 5) is 10.4. The van der Waals surface area contributed by atoms with Gasteiger partial charge >= 0.3 is 0 Å². The SMILES string of the molecule is O=[N+]([O-])c1ccccc1COc1c(F)cccc1CCl. The highest BCUT2D eigenvalue weighted by Crippen LogP contribution is 2.26. The molecule has 0 N–H and O–H groups in total. The van der Waals surface area contributed by atoms with Crippen molar-refractivity contribution in [1.29, 1.82) is 0 Å². The van der Waals surface area contributed by atoms with E-state index in [9.17, 15) is 14.5 Å². The molecule has 0 saturated heterocycles. The minimum absolute atomic E-state index is 0.0284. The van der Waals surface area contributed by atoms with Crippen molar-refractivity contribution in [3.63, 3.8) is 0 Å². The molecule has 4 nitrogen and oxygen atoms in total. The van der Waals surface area contributed by atoms with Crippen LogP contribution >= 0.6 is 11.6 Å². The summed E-state index contributed by atoms with van der Waals surface area (Å²) in [7, 11) is 0. The van der Waals surface area contributed by atoms with Gasteiger partial charge in [-0.2, -0.15) is 0 Å². The van der Waals surface area contributed by atoms with E-state index in [4.69, 9.17) is 16.3 Å². The van der Waals surface area contributed by atoms with Crippen molar-refractivity contribution in [2.24, 2.45) is 0 Å². The number of nitro benzene ring substituents is 1. The van der Waals surface area contributed by atoms with Crippen LogP contribution in [0.2, 0.25) is 0 Å². The molecule has 0 aliphatic rings. The summed E-state index contributed by atoms with van der Waals surface area (Å²) >= 11 is 5.71. The third-order valence-electron chi connectivity index (χ3n) is 2.75. The van der Waals surface area contributed by atoms with Gasteiger partial charge in [0.25, 0.3) is 5.69 Å². The first-order valence-corrected chi connectivity index (χ1v) is 6.35. The predicted octanol–water partition coefficient (Wildman–Crippen LogP) is 4.05. The quantitative estimate of drug-likeness (QED) is 0.475. The Hall–Kier alpha value is -2.14. The molecule has 0 unspecified atom stereocenters. The van der Waals surface area contributed by atoms with Gasteiger partial charge in [-0.1, -0.05) is 24.3 Å². The van der Waals surface area contributed by atoms with Crippen molar-refractivity contribution in [1.82, 2.24) is 0 Å². The van der Waals surface area contributed by atoms with Crippen LogP contribution < -0.4 is 4.74 Å². The van der Waals surface area contributed by atoms with E-state index in [0.29, 0.717) is 11.1 Å². The molecule has 0 aromatic heterocycles. The number of alkyl halides is 1. The maximum absolute atomic E-state index is 13.7. The van der Waals surface area contributed by atoms with Crippen molar-refractivity contribution >= 4 is 17.3 Å². The average molecular weight is 296 g/mol. The highest BCUT2D eigenvalue weighted by molar-refractivity contribution is 6.17. The minimum atomic E-state index is -0.540. The largest absolute Gasteiger partial charge is 0.485 e. The number of benzene rings is 2. The standard InChI is InChI=1S/C14H11ClFNO3/c15-8-10-5-3-6-12(16)14(10)20-9-11-4-1-2-7-13(11)17(18)19/h1-7H,8-9H2. The predicted molar refractivity (Wildman–Crippen MR) is 73.4 cm³/mol. The van der Waals surface area contributed by atoms with E-state index in [-0.39, 0.29) is 23.9 Å². The van der Waals surface area contributed by atoms with Crippen LogP contribution in [-0.2, 0) is 12.5 Å². The monoisotopic (exact) mass is 295 g/mol. The molecule has 2 aromatic carbocycles. The second-order valence-electron chi connectivity index (χ2n) is 4.04. The highest BCUT2D eigenvalue weighted by atomic mass is 35.5. The van der Waals surface area contributed by atoms with Gasteiger partial charge in [-0.15, -0.1) is 11.6 Å². The maximum atomic E-state index is 13.7. The van der Waals surface area contributed by atoms with Crippen LogP contribution in [0.15, 0.2) is 42.5 Å². The Bertz CT molecular complexity index is 634. The van der Waals surface area contributed by atoms with Crippen LogP contribution in [0.3, 0.4) is 0 Å². The molecule has 0 saturated carbocycles. The van der Waals surface area contributed by atoms with Crippen LogP contribution in [0.4, 0.5) is 10.1 Å². The molecular formula is C14H11ClFNO3. The Morgan fingerprint density at radius 3 is 2.55 bits per heavy atom. The van der Waals surface area contributed by atoms with E-state index in [0.717, 1.165) is 0 Å². The first kappa shape index (κ1) is 14.3. The number of nitrogens with zero attached hydrogens (tertiary/aromatic N) is 1. The van der Waals surface area contributed by atoms with E-state index in [1.54, 1.807) is 24.3 Å². The molecule has 2 aromatic rings. The zero-order valence-electron chi connectivity index (χ0n) is 10.4. The first-order valence-electron chi connectivity index (χ1n) is 5.82. The third kappa shape index (κ3) is 3.05. The molecule has 6 heteroatoms. The molecule has 0 aliphatic carbocycles. The van der Waals surface area contributed by atoms with Gasteiger partial charge in [0.05, 0.1) is 16.4 Å². The lowest BCUT2D eigenvalue weighted by Gasteiger charge is -2.11. The van der Waals surface area contributed by atoms with Gasteiger partial charge in [0.15, 0.2) is 11.6 Å². The zero-order chi connectivity index (χ0) is 14.5. The summed E-state index contributed by atoms with van der Waals surface area (Å²) in [5, 5.41) is 10.9. The van der Waals surface area contributed by atoms with Gasteiger partial charge in [0, 0.05) is 11.6 Å². The molecule has 0 bridgehead atoms. The number of para-hydroxylation sites is 2. The lowest BCUT2D eigenvalue weighted by atomic mass is 10.2. The van der Waals surface area contributed by atoms with Crippen molar-refractivity contribution < 1.29 is 14.1 Å². The maximum Gasteiger partial charge on any atom is 0.276 e. The highest BCUT2D eigenvalue weighted by Gasteiger charge is 2.15. The van der Waals surface area contributed by atoms with Crippen LogP contribution in [0.1, 0.15) is 11.1 Å². The summed E-state index contributed by atoms with van der Waals surface area (Å²) < 4.78 is 19.1. The molecule has 0 aliphatic heterocycles. The van der Waals surface area contributed by atoms with Crippen LogP contribution in [-0.4, -0.2) is 4.92 Å². The number of rotatable bonds is 5. The molecule has 2 rings (SSSR count). The smallest absolute Gasteiger partial charge is 0.276 e. The van der Waals surface area contributed by atoms with E-state index >= 15 is 0 Å². The second kappa shape index (κ2) is 6.34. The summed E-state index contributed by atoms with van der Waals surface area (Å²) in [6.07, 6.45) is 0. The number of halogens is 2. The third-order valence-corrected chi connectivity index (χ3v) is 3.04. The molecule has 0 amide bonds. The van der Waals surface area contributed by atoms with Crippen LogP contribution in [0, 0.1) is 15.9 Å². The fourth-order valence-electron chi connectivity index (χ4n) is 1.78. The van der Waals surface area contributed by atoms with Crippen molar-refractivity contribution in [2.75, 3.05) is 0 Å². The van der Waals surface area contributed by atoms with Crippen molar-refractivity contribution in [2.45, 2.75) is 12.5 Å². The van der Waals surface area contributed by atoms with Gasteiger partial charge in [-0.25, -0.2) is 4.39 Å². The zero-order valence-corrected chi connectivity index (χ0v) is 11.1. The summed E-state index contributed by atoms with van der Waals surface area (Å²) in [6, 6.07) is 10.6. The Morgan fingerprint density at radius 2 is 1.85 bits per heavy atom. The van der Waals surface area contributed by atoms with E-state index < -0.39 is 10.7 Å². The normalized spacial score (nSPS) is 10.3. The van der Waals surface area contributed by atoms with Crippen molar-refractivity contribution in [3.8, 4) is 5.75 Å². The fourth-order valence-corrected chi connectivity index (χ4v) is 1.99. The lowest BCUT2D eigenvalue weighted by Crippen LogP contribution is -2.03. The molecule has 0 radical (unpaired) electrons. The molecule has 0 spiro atoms. The van der Waals surface area contributed by atoms with Gasteiger partial charge < -0.3 is 4.74 Å². The Balaban J connectivity index is 2.24. The van der Waals surface area contributed by atoms with E-state index in [2.05, 4.69) is 0 Å². The van der Waals surface area contributed by atoms with Gasteiger partial charge in [0.2, 0.25) is 0 Å². The Morgan fingerprint density at radius 1 is 1.15 bits per heavy atom. The second-order valence-corrected chi connectivity index (χ2v) is 4.30. The number of hydrogen-bond acceptors (Lipinski definition) is 3. The van der Waals surface area contributed by atoms with Gasteiger partial charge in [-0.05, 0) is 12.1 Å². The average Bonchev–Trinajstić information content (AvgIpc) is 2.46. The Labute approximate surface area is 119 Å². The van der Waals surface area contributed by atoms with Gasteiger partial charge in [0.1, 0.15) is 6.61 Å². The van der Waals surface area contributed by atoms with E-state index in [1.807, 2.05) is 0 Å². The summed E-state index contributed by atoms with van der Waals surface area (Å²) in [6.45, 7) is -0.0953. The number of nitro groups is 1. The summed E-state index contributed by atoms with van der Waals surface area (Å²) in [5.74, 6) is -0.411. The van der Waals surface area contributed by atoms with Crippen LogP contribution in [0.25, 0.3) is 0 Å². The lowest BCUT2D eigenvalue weighted by molar-refractivity contribution is -0.385. The van der Waals surface area contributed by atoms with E-state index in [1.165, 1.54) is 18.2 Å². The molecule has 104 valence electrons. The molecule has 0 atom stereocenters.